The van der Waals surface area contributed by atoms with E-state index in [9.17, 15) is 17.6 Å². The number of hydrogen-bond acceptors (Lipinski definition) is 6. The van der Waals surface area contributed by atoms with Gasteiger partial charge in [0.2, 0.25) is 0 Å². The van der Waals surface area contributed by atoms with Crippen molar-refractivity contribution < 1.29 is 22.1 Å². The molecule has 5 rings (SSSR count). The van der Waals surface area contributed by atoms with E-state index in [0.717, 1.165) is 0 Å². The molecule has 0 fully saturated rings. The van der Waals surface area contributed by atoms with Gasteiger partial charge in [-0.1, -0.05) is 28.9 Å². The molecule has 5 aromatic rings. The topological polar surface area (TPSA) is 103 Å². The van der Waals surface area contributed by atoms with Gasteiger partial charge >= 0.3 is 0 Å². The maximum absolute atomic E-state index is 13.9. The van der Waals surface area contributed by atoms with Crippen LogP contribution in [0.1, 0.15) is 0 Å². The molecule has 2 heterocycles. The third kappa shape index (κ3) is 4.32. The van der Waals surface area contributed by atoms with Gasteiger partial charge in [-0.25, -0.2) is 12.8 Å². The Morgan fingerprint density at radius 3 is 2.61 bits per heavy atom. The minimum atomic E-state index is -3.97. The molecule has 8 nitrogen and oxygen atoms in total. The third-order valence-electron chi connectivity index (χ3n) is 5.50. The summed E-state index contributed by atoms with van der Waals surface area (Å²) in [4.78, 5) is 13.0. The molecule has 0 spiro atoms. The molecule has 182 valence electrons. The Morgan fingerprint density at radius 1 is 1.06 bits per heavy atom. The number of aromatic nitrogens is 2. The Bertz CT molecular complexity index is 1770. The van der Waals surface area contributed by atoms with Gasteiger partial charge in [0.25, 0.3) is 15.6 Å². The number of sulfonamides is 1. The number of nitrogens with one attached hydrogen (secondary N) is 1. The third-order valence-corrected chi connectivity index (χ3v) is 7.16. The average Bonchev–Trinajstić information content (AvgIpc) is 3.36. The molecule has 0 bridgehead atoms. The quantitative estimate of drug-likeness (QED) is 0.325. The lowest BCUT2D eigenvalue weighted by Gasteiger charge is -2.17. The van der Waals surface area contributed by atoms with Gasteiger partial charge < -0.3 is 9.26 Å². The Labute approximate surface area is 209 Å². The summed E-state index contributed by atoms with van der Waals surface area (Å²) in [6, 6.07) is 17.6. The minimum absolute atomic E-state index is 0.0354. The number of halogens is 2. The molecule has 0 radical (unpaired) electrons. The predicted molar refractivity (Wildman–Crippen MR) is 134 cm³/mol. The minimum Gasteiger partial charge on any atom is -0.495 e. The number of rotatable bonds is 6. The molecule has 3 aromatic carbocycles. The largest absolute Gasteiger partial charge is 0.495 e. The monoisotopic (exact) mass is 525 g/mol. The van der Waals surface area contributed by atoms with E-state index in [1.165, 1.54) is 66.5 Å². The van der Waals surface area contributed by atoms with Crippen molar-refractivity contribution in [2.75, 3.05) is 11.8 Å². The molecule has 0 aliphatic carbocycles. The van der Waals surface area contributed by atoms with Crippen LogP contribution >= 0.6 is 11.6 Å². The highest BCUT2D eigenvalue weighted by Gasteiger charge is 2.19. The van der Waals surface area contributed by atoms with E-state index in [-0.39, 0.29) is 16.3 Å². The zero-order chi connectivity index (χ0) is 25.4. The Morgan fingerprint density at radius 2 is 1.89 bits per heavy atom. The highest BCUT2D eigenvalue weighted by atomic mass is 35.5. The van der Waals surface area contributed by atoms with Gasteiger partial charge in [-0.3, -0.25) is 14.1 Å². The summed E-state index contributed by atoms with van der Waals surface area (Å²) in [7, 11) is -2.53. The molecule has 0 saturated heterocycles. The van der Waals surface area contributed by atoms with E-state index < -0.39 is 15.8 Å². The standard InChI is InChI=1S/C25H17ClFN3O5S/c1-34-23-14-20(26)19(15-3-2-4-17(27)11-15)13-22(23)30-21-7-6-18(12-16(21)5-8-25(30)31)36(32,33)29-24-9-10-35-28-24/h2-14H,1H3,(H,28,29). The molecule has 2 aromatic heterocycles. The second kappa shape index (κ2) is 9.14. The summed E-state index contributed by atoms with van der Waals surface area (Å²) in [6.07, 6.45) is 1.24. The van der Waals surface area contributed by atoms with Gasteiger partial charge in [0.15, 0.2) is 5.82 Å². The highest BCUT2D eigenvalue weighted by Crippen LogP contribution is 2.37. The molecular weight excluding hydrogens is 509 g/mol. The van der Waals surface area contributed by atoms with Crippen LogP contribution in [0, 0.1) is 5.82 Å². The summed E-state index contributed by atoms with van der Waals surface area (Å²) >= 11 is 6.47. The van der Waals surface area contributed by atoms with Crippen molar-refractivity contribution in [3.05, 3.63) is 100 Å². The van der Waals surface area contributed by atoms with Crippen LogP contribution < -0.4 is 15.0 Å². The molecule has 0 amide bonds. The zero-order valence-corrected chi connectivity index (χ0v) is 20.2. The molecular formula is C25H17ClFN3O5S. The number of methoxy groups -OCH3 is 1. The molecule has 0 atom stereocenters. The SMILES string of the molecule is COc1cc(Cl)c(-c2cccc(F)c2)cc1-n1c(=O)ccc2cc(S(=O)(=O)Nc3ccon3)ccc21. The summed E-state index contributed by atoms with van der Waals surface area (Å²) in [5.74, 6) is -0.0915. The van der Waals surface area contributed by atoms with Crippen molar-refractivity contribution in [1.82, 2.24) is 9.72 Å². The summed E-state index contributed by atoms with van der Waals surface area (Å²) in [5.41, 5.74) is 1.41. The van der Waals surface area contributed by atoms with Crippen LogP contribution in [-0.2, 0) is 10.0 Å². The van der Waals surface area contributed by atoms with Crippen LogP contribution in [0.2, 0.25) is 5.02 Å². The maximum atomic E-state index is 13.9. The van der Waals surface area contributed by atoms with Gasteiger partial charge in [0.05, 0.1) is 28.2 Å². The first-order valence-electron chi connectivity index (χ1n) is 10.5. The molecule has 0 aliphatic heterocycles. The number of ether oxygens (including phenoxy) is 1. The first-order chi connectivity index (χ1) is 17.3. The Kier molecular flexibility index (Phi) is 5.99. The molecule has 0 unspecified atom stereocenters. The van der Waals surface area contributed by atoms with Gasteiger partial charge in [0.1, 0.15) is 17.8 Å². The van der Waals surface area contributed by atoms with E-state index in [4.69, 9.17) is 16.3 Å². The summed E-state index contributed by atoms with van der Waals surface area (Å²) in [6.45, 7) is 0. The fourth-order valence-electron chi connectivity index (χ4n) is 3.86. The number of nitrogens with zero attached hydrogens (tertiary/aromatic N) is 2. The number of anilines is 1. The lowest BCUT2D eigenvalue weighted by Crippen LogP contribution is -2.19. The zero-order valence-electron chi connectivity index (χ0n) is 18.6. The second-order valence-electron chi connectivity index (χ2n) is 7.73. The van der Waals surface area contributed by atoms with Crippen molar-refractivity contribution in [2.45, 2.75) is 4.90 Å². The Hall–Kier alpha value is -4.15. The second-order valence-corrected chi connectivity index (χ2v) is 9.82. The van der Waals surface area contributed by atoms with Gasteiger partial charge in [-0.2, -0.15) is 0 Å². The normalized spacial score (nSPS) is 11.5. The fraction of sp³-hybridized carbons (Fsp3) is 0.0400. The van der Waals surface area contributed by atoms with Gasteiger partial charge in [-0.05, 0) is 48.0 Å². The molecule has 36 heavy (non-hydrogen) atoms. The smallest absolute Gasteiger partial charge is 0.263 e. The summed E-state index contributed by atoms with van der Waals surface area (Å²) < 4.78 is 53.4. The van der Waals surface area contributed by atoms with E-state index in [1.54, 1.807) is 24.3 Å². The average molecular weight is 526 g/mol. The van der Waals surface area contributed by atoms with Crippen LogP contribution in [0.5, 0.6) is 5.75 Å². The lowest BCUT2D eigenvalue weighted by molar-refractivity contribution is 0.413. The van der Waals surface area contributed by atoms with Crippen LogP contribution in [0.15, 0.2) is 93.3 Å². The van der Waals surface area contributed by atoms with Crippen molar-refractivity contribution >= 4 is 38.3 Å². The molecule has 0 saturated carbocycles. The number of benzene rings is 3. The molecule has 0 aliphatic rings. The van der Waals surface area contributed by atoms with E-state index in [2.05, 4.69) is 14.4 Å². The van der Waals surface area contributed by atoms with Gasteiger partial charge in [0, 0.05) is 29.1 Å². The Balaban J connectivity index is 1.69. The number of pyridine rings is 1. The van der Waals surface area contributed by atoms with Gasteiger partial charge in [-0.15, -0.1) is 0 Å². The van der Waals surface area contributed by atoms with Crippen LogP contribution in [0.25, 0.3) is 27.7 Å². The summed E-state index contributed by atoms with van der Waals surface area (Å²) in [5, 5.41) is 4.34. The molecule has 1 N–H and O–H groups in total. The van der Waals surface area contributed by atoms with Crippen molar-refractivity contribution in [1.29, 1.82) is 0 Å². The number of hydrogen-bond donors (Lipinski definition) is 1. The van der Waals surface area contributed by atoms with Crippen molar-refractivity contribution in [2.24, 2.45) is 0 Å². The van der Waals surface area contributed by atoms with Crippen LogP contribution in [0.4, 0.5) is 10.2 Å². The van der Waals surface area contributed by atoms with E-state index in [0.29, 0.717) is 38.5 Å². The highest BCUT2D eigenvalue weighted by molar-refractivity contribution is 7.92. The first-order valence-corrected chi connectivity index (χ1v) is 12.4. The van der Waals surface area contributed by atoms with Crippen LogP contribution in [-0.4, -0.2) is 25.3 Å². The van der Waals surface area contributed by atoms with E-state index >= 15 is 0 Å². The van der Waals surface area contributed by atoms with Crippen molar-refractivity contribution in [3.8, 4) is 22.6 Å². The molecule has 11 heteroatoms. The first kappa shape index (κ1) is 23.6. The van der Waals surface area contributed by atoms with Crippen LogP contribution in [0.3, 0.4) is 0 Å². The fourth-order valence-corrected chi connectivity index (χ4v) is 5.15. The maximum Gasteiger partial charge on any atom is 0.263 e. The van der Waals surface area contributed by atoms with E-state index in [1.807, 2.05) is 0 Å². The van der Waals surface area contributed by atoms with Crippen molar-refractivity contribution in [3.63, 3.8) is 0 Å². The predicted octanol–water partition coefficient (Wildman–Crippen LogP) is 5.25. The lowest BCUT2D eigenvalue weighted by atomic mass is 10.0. The number of fused-ring (bicyclic) bond motifs is 1.